The van der Waals surface area contributed by atoms with Crippen molar-refractivity contribution in [1.29, 1.82) is 0 Å². The van der Waals surface area contributed by atoms with Crippen molar-refractivity contribution in [2.45, 2.75) is 24.8 Å². The normalized spacial score (nSPS) is 21.4. The number of rotatable bonds is 3. The third kappa shape index (κ3) is 3.09. The Labute approximate surface area is 136 Å². The maximum absolute atomic E-state index is 13.2. The monoisotopic (exact) mass is 401 g/mol. The summed E-state index contributed by atoms with van der Waals surface area (Å²) < 4.78 is 14.3. The molecular formula is C16H14ClFIN. The van der Waals surface area contributed by atoms with Crippen molar-refractivity contribution >= 4 is 39.9 Å². The van der Waals surface area contributed by atoms with Crippen molar-refractivity contribution in [2.24, 2.45) is 0 Å². The summed E-state index contributed by atoms with van der Waals surface area (Å²) in [7, 11) is 0. The Morgan fingerprint density at radius 2 is 1.95 bits per heavy atom. The van der Waals surface area contributed by atoms with E-state index in [-0.39, 0.29) is 5.82 Å². The molecule has 0 unspecified atom stereocenters. The minimum Gasteiger partial charge on any atom is -0.381 e. The molecule has 0 spiro atoms. The molecule has 1 aliphatic rings. The number of anilines is 1. The first-order valence-corrected chi connectivity index (χ1v) is 8.04. The first kappa shape index (κ1) is 14.1. The molecule has 2 aromatic rings. The molecule has 1 N–H and O–H groups in total. The van der Waals surface area contributed by atoms with Crippen LogP contribution in [0.4, 0.5) is 10.1 Å². The van der Waals surface area contributed by atoms with Crippen LogP contribution in [-0.2, 0) is 0 Å². The molecule has 0 amide bonds. The number of nitrogens with one attached hydrogen (secondary N) is 1. The van der Waals surface area contributed by atoms with E-state index in [9.17, 15) is 4.39 Å². The minimum absolute atomic E-state index is 0.153. The van der Waals surface area contributed by atoms with Crippen LogP contribution in [0.15, 0.2) is 42.5 Å². The average Bonchev–Trinajstić information content (AvgIpc) is 2.35. The van der Waals surface area contributed by atoms with E-state index in [0.717, 1.165) is 32.7 Å². The highest BCUT2D eigenvalue weighted by atomic mass is 127. The Bertz CT molecular complexity index is 626. The zero-order chi connectivity index (χ0) is 14.1. The van der Waals surface area contributed by atoms with Crippen LogP contribution in [0, 0.1) is 9.39 Å². The van der Waals surface area contributed by atoms with Crippen molar-refractivity contribution < 1.29 is 4.39 Å². The van der Waals surface area contributed by atoms with Gasteiger partial charge in [-0.25, -0.2) is 4.39 Å². The van der Waals surface area contributed by atoms with E-state index >= 15 is 0 Å². The van der Waals surface area contributed by atoms with Crippen LogP contribution in [0.5, 0.6) is 0 Å². The van der Waals surface area contributed by atoms with Crippen molar-refractivity contribution in [2.75, 3.05) is 5.32 Å². The molecule has 0 bridgehead atoms. The van der Waals surface area contributed by atoms with Gasteiger partial charge in [-0.3, -0.25) is 0 Å². The third-order valence-electron chi connectivity index (χ3n) is 3.75. The van der Waals surface area contributed by atoms with Crippen LogP contribution in [0.1, 0.15) is 24.3 Å². The molecule has 3 rings (SSSR count). The van der Waals surface area contributed by atoms with Crippen molar-refractivity contribution in [3.8, 4) is 0 Å². The van der Waals surface area contributed by atoms with E-state index in [1.54, 1.807) is 12.1 Å². The number of hydrogen-bond acceptors (Lipinski definition) is 1. The fourth-order valence-corrected chi connectivity index (χ4v) is 3.51. The van der Waals surface area contributed by atoms with Crippen molar-refractivity contribution in [1.82, 2.24) is 0 Å². The summed E-state index contributed by atoms with van der Waals surface area (Å²) >= 11 is 8.46. The molecule has 20 heavy (non-hydrogen) atoms. The molecule has 1 aliphatic carbocycles. The van der Waals surface area contributed by atoms with Gasteiger partial charge in [-0.15, -0.1) is 0 Å². The van der Waals surface area contributed by atoms with Gasteiger partial charge in [-0.05, 0) is 77.2 Å². The summed E-state index contributed by atoms with van der Waals surface area (Å²) in [6, 6.07) is 13.3. The summed E-state index contributed by atoms with van der Waals surface area (Å²) in [6.45, 7) is 0. The summed E-state index contributed by atoms with van der Waals surface area (Å²) in [6.07, 6.45) is 2.04. The van der Waals surface area contributed by atoms with Gasteiger partial charge in [0.2, 0.25) is 0 Å². The Hall–Kier alpha value is -0.810. The fourth-order valence-electron chi connectivity index (χ4n) is 2.59. The molecule has 2 aromatic carbocycles. The van der Waals surface area contributed by atoms with E-state index in [0.29, 0.717) is 12.0 Å². The number of halogens is 3. The summed E-state index contributed by atoms with van der Waals surface area (Å²) in [5.74, 6) is 0.297. The maximum atomic E-state index is 13.2. The molecule has 0 radical (unpaired) electrons. The lowest BCUT2D eigenvalue weighted by Crippen LogP contribution is -2.34. The topological polar surface area (TPSA) is 12.0 Å². The van der Waals surface area contributed by atoms with Crippen molar-refractivity contribution in [3.05, 3.63) is 62.4 Å². The third-order valence-corrected chi connectivity index (χ3v) is 4.73. The first-order valence-electron chi connectivity index (χ1n) is 6.59. The molecule has 0 aliphatic heterocycles. The van der Waals surface area contributed by atoms with Gasteiger partial charge < -0.3 is 5.32 Å². The lowest BCUT2D eigenvalue weighted by atomic mass is 9.76. The standard InChI is InChI=1S/C16H14ClFIN/c17-15-9-13(19)4-5-16(15)20-14-7-11(8-14)10-2-1-3-12(18)6-10/h1-6,9,11,14,20H,7-8H2. The predicted molar refractivity (Wildman–Crippen MR) is 90.0 cm³/mol. The molecule has 0 aromatic heterocycles. The quantitative estimate of drug-likeness (QED) is 0.675. The van der Waals surface area contributed by atoms with Crippen LogP contribution in [0.2, 0.25) is 5.02 Å². The summed E-state index contributed by atoms with van der Waals surface area (Å²) in [5.41, 5.74) is 2.08. The Morgan fingerprint density at radius 3 is 2.65 bits per heavy atom. The van der Waals surface area contributed by atoms with Gasteiger partial charge >= 0.3 is 0 Å². The highest BCUT2D eigenvalue weighted by Gasteiger charge is 2.30. The van der Waals surface area contributed by atoms with Crippen LogP contribution in [0.25, 0.3) is 0 Å². The lowest BCUT2D eigenvalue weighted by molar-refractivity contribution is 0.373. The average molecular weight is 402 g/mol. The van der Waals surface area contributed by atoms with Gasteiger partial charge in [0.15, 0.2) is 0 Å². The molecular weight excluding hydrogens is 388 g/mol. The van der Waals surface area contributed by atoms with E-state index in [2.05, 4.69) is 27.9 Å². The Balaban J connectivity index is 1.61. The largest absolute Gasteiger partial charge is 0.381 e. The molecule has 1 fully saturated rings. The van der Waals surface area contributed by atoms with Gasteiger partial charge in [0.05, 0.1) is 10.7 Å². The van der Waals surface area contributed by atoms with Gasteiger partial charge in [-0.1, -0.05) is 23.7 Å². The molecule has 1 saturated carbocycles. The SMILES string of the molecule is Fc1cccc(C2CC(Nc3ccc(I)cc3Cl)C2)c1. The van der Waals surface area contributed by atoms with E-state index in [1.165, 1.54) is 6.07 Å². The van der Waals surface area contributed by atoms with Crippen LogP contribution in [-0.4, -0.2) is 6.04 Å². The highest BCUT2D eigenvalue weighted by molar-refractivity contribution is 14.1. The van der Waals surface area contributed by atoms with Gasteiger partial charge in [0.25, 0.3) is 0 Å². The zero-order valence-electron chi connectivity index (χ0n) is 10.7. The van der Waals surface area contributed by atoms with E-state index in [1.807, 2.05) is 24.3 Å². The molecule has 104 valence electrons. The number of hydrogen-bond donors (Lipinski definition) is 1. The predicted octanol–water partition coefficient (Wildman–Crippen LogP) is 5.44. The maximum Gasteiger partial charge on any atom is 0.123 e. The second-order valence-electron chi connectivity index (χ2n) is 5.19. The molecule has 0 heterocycles. The van der Waals surface area contributed by atoms with E-state index < -0.39 is 0 Å². The van der Waals surface area contributed by atoms with Crippen LogP contribution >= 0.6 is 34.2 Å². The smallest absolute Gasteiger partial charge is 0.123 e. The fraction of sp³-hybridized carbons (Fsp3) is 0.250. The molecule has 1 nitrogen and oxygen atoms in total. The zero-order valence-corrected chi connectivity index (χ0v) is 13.7. The Morgan fingerprint density at radius 1 is 1.15 bits per heavy atom. The van der Waals surface area contributed by atoms with Crippen molar-refractivity contribution in [3.63, 3.8) is 0 Å². The number of benzene rings is 2. The molecule has 4 heteroatoms. The second-order valence-corrected chi connectivity index (χ2v) is 6.84. The Kier molecular flexibility index (Phi) is 4.17. The second kappa shape index (κ2) is 5.90. The van der Waals surface area contributed by atoms with Crippen LogP contribution in [0.3, 0.4) is 0 Å². The summed E-state index contributed by atoms with van der Waals surface area (Å²) in [5, 5.41) is 4.21. The first-order chi connectivity index (χ1) is 9.61. The molecule has 0 atom stereocenters. The van der Waals surface area contributed by atoms with E-state index in [4.69, 9.17) is 11.6 Å². The summed E-state index contributed by atoms with van der Waals surface area (Å²) in [4.78, 5) is 0. The van der Waals surface area contributed by atoms with Crippen LogP contribution < -0.4 is 5.32 Å². The van der Waals surface area contributed by atoms with Gasteiger partial charge in [0, 0.05) is 9.61 Å². The minimum atomic E-state index is -0.153. The highest BCUT2D eigenvalue weighted by Crippen LogP contribution is 2.39. The van der Waals surface area contributed by atoms with Gasteiger partial charge in [-0.2, -0.15) is 0 Å². The molecule has 0 saturated heterocycles. The van der Waals surface area contributed by atoms with Gasteiger partial charge in [0.1, 0.15) is 5.82 Å². The lowest BCUT2D eigenvalue weighted by Gasteiger charge is -2.37.